The topological polar surface area (TPSA) is 62.2 Å². The van der Waals surface area contributed by atoms with Crippen LogP contribution in [-0.4, -0.2) is 22.6 Å². The average Bonchev–Trinajstić information content (AvgIpc) is 3.04. The van der Waals surface area contributed by atoms with Gasteiger partial charge in [-0.25, -0.2) is 14.2 Å². The lowest BCUT2D eigenvalue weighted by Crippen LogP contribution is -2.10. The molecule has 0 aliphatic heterocycles. The number of aromatic carboxylic acids is 1. The minimum absolute atomic E-state index is 0.115. The molecule has 0 amide bonds. The third kappa shape index (κ3) is 2.68. The molecule has 86 valence electrons. The van der Waals surface area contributed by atoms with Crippen molar-refractivity contribution in [3.8, 4) is 0 Å². The Kier molecular flexibility index (Phi) is 3.03. The molecule has 5 heteroatoms. The van der Waals surface area contributed by atoms with Crippen LogP contribution in [0.5, 0.6) is 0 Å². The number of nitrogens with one attached hydrogen (secondary N) is 1. The predicted octanol–water partition coefficient (Wildman–Crippen LogP) is 2.13. The Balaban J connectivity index is 2.02. The van der Waals surface area contributed by atoms with Crippen molar-refractivity contribution in [2.24, 2.45) is 5.92 Å². The molecule has 0 saturated heterocycles. The molecule has 0 unspecified atom stereocenters. The number of aromatic nitrogens is 1. The highest BCUT2D eigenvalue weighted by atomic mass is 19.1. The predicted molar refractivity (Wildman–Crippen MR) is 57.0 cm³/mol. The van der Waals surface area contributed by atoms with Crippen molar-refractivity contribution in [2.75, 3.05) is 11.9 Å². The molecule has 1 aliphatic rings. The van der Waals surface area contributed by atoms with Crippen LogP contribution in [0.4, 0.5) is 10.2 Å². The highest BCUT2D eigenvalue weighted by Crippen LogP contribution is 2.32. The van der Waals surface area contributed by atoms with Crippen molar-refractivity contribution in [1.82, 2.24) is 4.98 Å². The molecule has 1 heterocycles. The number of anilines is 1. The van der Waals surface area contributed by atoms with Gasteiger partial charge >= 0.3 is 5.97 Å². The normalized spacial score (nSPS) is 14.8. The van der Waals surface area contributed by atoms with Gasteiger partial charge in [0.15, 0.2) is 0 Å². The largest absolute Gasteiger partial charge is 0.478 e. The summed E-state index contributed by atoms with van der Waals surface area (Å²) in [6, 6.07) is 0.981. The van der Waals surface area contributed by atoms with E-state index in [2.05, 4.69) is 10.3 Å². The number of hydrogen-bond acceptors (Lipinski definition) is 3. The van der Waals surface area contributed by atoms with Crippen molar-refractivity contribution >= 4 is 11.8 Å². The maximum absolute atomic E-state index is 12.8. The Hall–Kier alpha value is -1.65. The number of carbonyl (C=O) groups is 1. The van der Waals surface area contributed by atoms with Crippen LogP contribution >= 0.6 is 0 Å². The van der Waals surface area contributed by atoms with Crippen molar-refractivity contribution in [1.29, 1.82) is 0 Å². The van der Waals surface area contributed by atoms with Crippen molar-refractivity contribution in [3.63, 3.8) is 0 Å². The molecule has 0 atom stereocenters. The fraction of sp³-hybridized carbons (Fsp3) is 0.455. The molecule has 2 rings (SSSR count). The third-order valence-corrected chi connectivity index (χ3v) is 2.63. The Morgan fingerprint density at radius 2 is 2.38 bits per heavy atom. The van der Waals surface area contributed by atoms with E-state index in [1.807, 2.05) is 0 Å². The molecule has 1 aliphatic carbocycles. The molecule has 1 fully saturated rings. The fourth-order valence-corrected chi connectivity index (χ4v) is 1.54. The summed E-state index contributed by atoms with van der Waals surface area (Å²) in [5.74, 6) is -0.790. The smallest absolute Gasteiger partial charge is 0.339 e. The Bertz CT molecular complexity index is 405. The van der Waals surface area contributed by atoms with Gasteiger partial charge in [-0.3, -0.25) is 0 Å². The van der Waals surface area contributed by atoms with E-state index in [4.69, 9.17) is 5.11 Å². The van der Waals surface area contributed by atoms with Crippen molar-refractivity contribution < 1.29 is 14.3 Å². The first-order chi connectivity index (χ1) is 7.66. The van der Waals surface area contributed by atoms with Gasteiger partial charge in [0.2, 0.25) is 0 Å². The zero-order chi connectivity index (χ0) is 11.5. The lowest BCUT2D eigenvalue weighted by molar-refractivity contribution is 0.0697. The molecule has 0 spiro atoms. The quantitative estimate of drug-likeness (QED) is 0.804. The lowest BCUT2D eigenvalue weighted by atomic mass is 10.2. The molecule has 1 saturated carbocycles. The van der Waals surface area contributed by atoms with E-state index in [1.165, 1.54) is 12.8 Å². The van der Waals surface area contributed by atoms with E-state index in [0.29, 0.717) is 6.54 Å². The van der Waals surface area contributed by atoms with E-state index in [-0.39, 0.29) is 11.4 Å². The second kappa shape index (κ2) is 4.47. The van der Waals surface area contributed by atoms with Gasteiger partial charge < -0.3 is 10.4 Å². The van der Waals surface area contributed by atoms with Gasteiger partial charge in [0, 0.05) is 6.54 Å². The molecule has 2 N–H and O–H groups in total. The van der Waals surface area contributed by atoms with E-state index >= 15 is 0 Å². The highest BCUT2D eigenvalue weighted by Gasteiger charge is 2.20. The van der Waals surface area contributed by atoms with Crippen molar-refractivity contribution in [2.45, 2.75) is 19.3 Å². The summed E-state index contributed by atoms with van der Waals surface area (Å²) in [6.07, 6.45) is 4.54. The van der Waals surface area contributed by atoms with Crippen LogP contribution in [-0.2, 0) is 0 Å². The number of carboxylic acids is 1. The van der Waals surface area contributed by atoms with Gasteiger partial charge in [-0.15, -0.1) is 0 Å². The maximum Gasteiger partial charge on any atom is 0.339 e. The van der Waals surface area contributed by atoms with Crippen LogP contribution in [0, 0.1) is 11.7 Å². The van der Waals surface area contributed by atoms with E-state index < -0.39 is 11.8 Å². The Labute approximate surface area is 92.5 Å². The summed E-state index contributed by atoms with van der Waals surface area (Å²) < 4.78 is 12.8. The third-order valence-electron chi connectivity index (χ3n) is 2.63. The molecule has 0 radical (unpaired) electrons. The molecular formula is C11H13FN2O2. The summed E-state index contributed by atoms with van der Waals surface area (Å²) in [7, 11) is 0. The molecule has 4 nitrogen and oxygen atoms in total. The monoisotopic (exact) mass is 224 g/mol. The lowest BCUT2D eigenvalue weighted by Gasteiger charge is -2.07. The second-order valence-corrected chi connectivity index (χ2v) is 4.01. The van der Waals surface area contributed by atoms with Crippen molar-refractivity contribution in [3.05, 3.63) is 23.6 Å². The minimum atomic E-state index is -1.17. The zero-order valence-electron chi connectivity index (χ0n) is 8.74. The van der Waals surface area contributed by atoms with Crippen LogP contribution in [0.3, 0.4) is 0 Å². The summed E-state index contributed by atoms with van der Waals surface area (Å²) in [4.78, 5) is 14.6. The van der Waals surface area contributed by atoms with E-state index in [9.17, 15) is 9.18 Å². The molecule has 0 bridgehead atoms. The SMILES string of the molecule is O=C(O)c1cc(F)cnc1NCCC1CC1. The molecule has 16 heavy (non-hydrogen) atoms. The van der Waals surface area contributed by atoms with Crippen LogP contribution in [0.1, 0.15) is 29.6 Å². The zero-order valence-corrected chi connectivity index (χ0v) is 8.74. The van der Waals surface area contributed by atoms with Crippen LogP contribution in [0.15, 0.2) is 12.3 Å². The highest BCUT2D eigenvalue weighted by molar-refractivity contribution is 5.93. The second-order valence-electron chi connectivity index (χ2n) is 4.01. The van der Waals surface area contributed by atoms with Gasteiger partial charge in [0.25, 0.3) is 0 Å². The van der Waals surface area contributed by atoms with E-state index in [0.717, 1.165) is 24.6 Å². The summed E-state index contributed by atoms with van der Waals surface area (Å²) in [5.41, 5.74) is -0.115. The van der Waals surface area contributed by atoms with Gasteiger partial charge in [-0.05, 0) is 18.4 Å². The molecular weight excluding hydrogens is 211 g/mol. The standard InChI is InChI=1S/C11H13FN2O2/c12-8-5-9(11(15)16)10(14-6-8)13-4-3-7-1-2-7/h5-7H,1-4H2,(H,13,14)(H,15,16). The fourth-order valence-electron chi connectivity index (χ4n) is 1.54. The van der Waals surface area contributed by atoms with E-state index in [1.54, 1.807) is 0 Å². The first-order valence-electron chi connectivity index (χ1n) is 5.29. The number of rotatable bonds is 5. The van der Waals surface area contributed by atoms with Crippen LogP contribution in [0.2, 0.25) is 0 Å². The first-order valence-corrected chi connectivity index (χ1v) is 5.29. The molecule has 1 aromatic heterocycles. The average molecular weight is 224 g/mol. The molecule has 0 aromatic carbocycles. The number of nitrogens with zero attached hydrogens (tertiary/aromatic N) is 1. The summed E-state index contributed by atoms with van der Waals surface area (Å²) in [5, 5.41) is 11.8. The minimum Gasteiger partial charge on any atom is -0.478 e. The number of halogens is 1. The van der Waals surface area contributed by atoms with Gasteiger partial charge in [0.1, 0.15) is 17.2 Å². The van der Waals surface area contributed by atoms with Crippen LogP contribution in [0.25, 0.3) is 0 Å². The Morgan fingerprint density at radius 1 is 1.62 bits per heavy atom. The number of hydrogen-bond donors (Lipinski definition) is 2. The summed E-state index contributed by atoms with van der Waals surface area (Å²) >= 11 is 0. The molecule has 1 aromatic rings. The van der Waals surface area contributed by atoms with Gasteiger partial charge in [-0.2, -0.15) is 0 Å². The summed E-state index contributed by atoms with van der Waals surface area (Å²) in [6.45, 7) is 0.684. The van der Waals surface area contributed by atoms with Crippen LogP contribution < -0.4 is 5.32 Å². The van der Waals surface area contributed by atoms with Gasteiger partial charge in [-0.1, -0.05) is 12.8 Å². The Morgan fingerprint density at radius 3 is 3.00 bits per heavy atom. The number of carboxylic acid groups (broad SMARTS) is 1. The maximum atomic E-state index is 12.8. The first kappa shape index (κ1) is 10.9. The van der Waals surface area contributed by atoms with Gasteiger partial charge in [0.05, 0.1) is 6.20 Å². The number of pyridine rings is 1.